The molecule has 0 aromatic carbocycles. The zero-order chi connectivity index (χ0) is 16.9. The van der Waals surface area contributed by atoms with Gasteiger partial charge in [-0.1, -0.05) is 0 Å². The molecule has 2 fully saturated rings. The standard InChI is InChI=1S/C16H24N4O4/c1-19-15(24-11-14(21)20-6-2-3-7-20)9-13(18-19)16(22)17-10-12-5-4-8-23-12/h9,12H,2-8,10-11H2,1H3,(H,17,22). The molecule has 0 aliphatic carbocycles. The van der Waals surface area contributed by atoms with E-state index in [1.807, 2.05) is 0 Å². The fourth-order valence-electron chi connectivity index (χ4n) is 2.99. The number of ether oxygens (including phenoxy) is 2. The van der Waals surface area contributed by atoms with E-state index in [1.165, 1.54) is 4.68 Å². The Morgan fingerprint density at radius 2 is 2.17 bits per heavy atom. The minimum atomic E-state index is -0.262. The van der Waals surface area contributed by atoms with Crippen LogP contribution in [0.5, 0.6) is 5.88 Å². The molecule has 0 saturated carbocycles. The van der Waals surface area contributed by atoms with Crippen LogP contribution in [0.3, 0.4) is 0 Å². The second kappa shape index (κ2) is 7.65. The maximum Gasteiger partial charge on any atom is 0.272 e. The van der Waals surface area contributed by atoms with Gasteiger partial charge in [0.15, 0.2) is 12.3 Å². The van der Waals surface area contributed by atoms with Gasteiger partial charge >= 0.3 is 0 Å². The van der Waals surface area contributed by atoms with Gasteiger partial charge in [-0.3, -0.25) is 9.59 Å². The van der Waals surface area contributed by atoms with Crippen LogP contribution in [0, 0.1) is 0 Å². The fourth-order valence-corrected chi connectivity index (χ4v) is 2.99. The van der Waals surface area contributed by atoms with Crippen molar-refractivity contribution in [2.75, 3.05) is 32.8 Å². The van der Waals surface area contributed by atoms with E-state index >= 15 is 0 Å². The third-order valence-corrected chi connectivity index (χ3v) is 4.39. The van der Waals surface area contributed by atoms with Gasteiger partial charge < -0.3 is 19.7 Å². The number of amides is 2. The second-order valence-corrected chi connectivity index (χ2v) is 6.21. The predicted octanol–water partition coefficient (Wildman–Crippen LogP) is 0.330. The molecule has 132 valence electrons. The van der Waals surface area contributed by atoms with Crippen LogP contribution in [-0.2, 0) is 16.6 Å². The van der Waals surface area contributed by atoms with Gasteiger partial charge in [0.1, 0.15) is 0 Å². The number of aryl methyl sites for hydroxylation is 1. The molecule has 2 aliphatic heterocycles. The topological polar surface area (TPSA) is 85.7 Å². The minimum Gasteiger partial charge on any atom is -0.468 e. The number of carbonyl (C=O) groups excluding carboxylic acids is 2. The summed E-state index contributed by atoms with van der Waals surface area (Å²) in [6.45, 7) is 2.80. The lowest BCUT2D eigenvalue weighted by Crippen LogP contribution is -2.32. The van der Waals surface area contributed by atoms with E-state index in [1.54, 1.807) is 18.0 Å². The second-order valence-electron chi connectivity index (χ2n) is 6.21. The highest BCUT2D eigenvalue weighted by atomic mass is 16.5. The summed E-state index contributed by atoms with van der Waals surface area (Å²) in [5, 5.41) is 6.97. The Morgan fingerprint density at radius 1 is 1.38 bits per heavy atom. The number of nitrogens with zero attached hydrogens (tertiary/aromatic N) is 3. The van der Waals surface area contributed by atoms with Gasteiger partial charge in [0, 0.05) is 39.4 Å². The van der Waals surface area contributed by atoms with Crippen molar-refractivity contribution in [1.82, 2.24) is 20.0 Å². The lowest BCUT2D eigenvalue weighted by atomic mass is 10.2. The van der Waals surface area contributed by atoms with E-state index in [0.717, 1.165) is 45.4 Å². The van der Waals surface area contributed by atoms with Crippen LogP contribution in [0.4, 0.5) is 0 Å². The summed E-state index contributed by atoms with van der Waals surface area (Å²) in [7, 11) is 1.69. The Balaban J connectivity index is 1.49. The summed E-state index contributed by atoms with van der Waals surface area (Å²) >= 11 is 0. The van der Waals surface area contributed by atoms with Crippen molar-refractivity contribution in [2.45, 2.75) is 31.8 Å². The van der Waals surface area contributed by atoms with Crippen LogP contribution in [0.25, 0.3) is 0 Å². The van der Waals surface area contributed by atoms with Gasteiger partial charge in [0.2, 0.25) is 5.88 Å². The van der Waals surface area contributed by atoms with Gasteiger partial charge in [-0.25, -0.2) is 4.68 Å². The molecule has 1 aromatic rings. The van der Waals surface area contributed by atoms with Gasteiger partial charge in [-0.15, -0.1) is 0 Å². The largest absolute Gasteiger partial charge is 0.468 e. The van der Waals surface area contributed by atoms with Crippen molar-refractivity contribution >= 4 is 11.8 Å². The van der Waals surface area contributed by atoms with Crippen LogP contribution >= 0.6 is 0 Å². The maximum atomic E-state index is 12.1. The molecule has 1 unspecified atom stereocenters. The zero-order valence-electron chi connectivity index (χ0n) is 14.0. The summed E-state index contributed by atoms with van der Waals surface area (Å²) in [4.78, 5) is 25.9. The van der Waals surface area contributed by atoms with E-state index in [0.29, 0.717) is 12.4 Å². The molecule has 1 N–H and O–H groups in total. The predicted molar refractivity (Wildman–Crippen MR) is 85.8 cm³/mol. The van der Waals surface area contributed by atoms with E-state index in [-0.39, 0.29) is 30.2 Å². The maximum absolute atomic E-state index is 12.1. The molecule has 8 heteroatoms. The summed E-state index contributed by atoms with van der Waals surface area (Å²) in [6, 6.07) is 1.56. The highest BCUT2D eigenvalue weighted by Gasteiger charge is 2.21. The smallest absolute Gasteiger partial charge is 0.272 e. The van der Waals surface area contributed by atoms with E-state index in [4.69, 9.17) is 9.47 Å². The molecule has 0 bridgehead atoms. The first-order chi connectivity index (χ1) is 11.6. The molecule has 1 atom stereocenters. The van der Waals surface area contributed by atoms with Crippen molar-refractivity contribution in [2.24, 2.45) is 7.05 Å². The lowest BCUT2D eigenvalue weighted by Gasteiger charge is -2.15. The third kappa shape index (κ3) is 4.05. The van der Waals surface area contributed by atoms with Gasteiger partial charge in [0.05, 0.1) is 6.10 Å². The molecule has 1 aromatic heterocycles. The molecule has 2 saturated heterocycles. The molecule has 0 spiro atoms. The van der Waals surface area contributed by atoms with Crippen molar-refractivity contribution in [3.8, 4) is 5.88 Å². The number of nitrogens with one attached hydrogen (secondary N) is 1. The Hall–Kier alpha value is -2.09. The van der Waals surface area contributed by atoms with Gasteiger partial charge in [0.25, 0.3) is 11.8 Å². The minimum absolute atomic E-state index is 0.0296. The summed E-state index contributed by atoms with van der Waals surface area (Å²) in [6.07, 6.45) is 4.19. The normalized spacial score (nSPS) is 20.4. The van der Waals surface area contributed by atoms with E-state index in [9.17, 15) is 9.59 Å². The van der Waals surface area contributed by atoms with Crippen LogP contribution in [0.1, 0.15) is 36.2 Å². The number of hydrogen-bond donors (Lipinski definition) is 1. The SMILES string of the molecule is Cn1nc(C(=O)NCC2CCCO2)cc1OCC(=O)N1CCCC1. The van der Waals surface area contributed by atoms with Crippen molar-refractivity contribution < 1.29 is 19.1 Å². The molecule has 3 rings (SSSR count). The van der Waals surface area contributed by atoms with Crippen LogP contribution < -0.4 is 10.1 Å². The number of rotatable bonds is 6. The van der Waals surface area contributed by atoms with E-state index in [2.05, 4.69) is 10.4 Å². The first-order valence-electron chi connectivity index (χ1n) is 8.48. The Bertz CT molecular complexity index is 589. The van der Waals surface area contributed by atoms with E-state index < -0.39 is 0 Å². The average Bonchev–Trinajstić information content (AvgIpc) is 3.32. The first kappa shape index (κ1) is 16.8. The molecule has 24 heavy (non-hydrogen) atoms. The summed E-state index contributed by atoms with van der Waals surface area (Å²) in [5.74, 6) is 0.115. The molecule has 2 aliphatic rings. The first-order valence-corrected chi connectivity index (χ1v) is 8.48. The highest BCUT2D eigenvalue weighted by molar-refractivity contribution is 5.92. The third-order valence-electron chi connectivity index (χ3n) is 4.39. The van der Waals surface area contributed by atoms with Crippen LogP contribution in [0.15, 0.2) is 6.07 Å². The summed E-state index contributed by atoms with van der Waals surface area (Å²) < 4.78 is 12.5. The van der Waals surface area contributed by atoms with Gasteiger partial charge in [-0.05, 0) is 25.7 Å². The number of aromatic nitrogens is 2. The summed E-state index contributed by atoms with van der Waals surface area (Å²) in [5.41, 5.74) is 0.277. The highest BCUT2D eigenvalue weighted by Crippen LogP contribution is 2.14. The Kier molecular flexibility index (Phi) is 5.34. The number of carbonyl (C=O) groups is 2. The molecule has 0 radical (unpaired) electrons. The van der Waals surface area contributed by atoms with Crippen molar-refractivity contribution in [3.05, 3.63) is 11.8 Å². The quantitative estimate of drug-likeness (QED) is 0.809. The average molecular weight is 336 g/mol. The molecular formula is C16H24N4O4. The van der Waals surface area contributed by atoms with Crippen LogP contribution in [0.2, 0.25) is 0 Å². The molecule has 8 nitrogen and oxygen atoms in total. The molecular weight excluding hydrogens is 312 g/mol. The molecule has 2 amide bonds. The Labute approximate surface area is 141 Å². The Morgan fingerprint density at radius 3 is 2.88 bits per heavy atom. The van der Waals surface area contributed by atoms with Crippen molar-refractivity contribution in [1.29, 1.82) is 0 Å². The lowest BCUT2D eigenvalue weighted by molar-refractivity contribution is -0.132. The zero-order valence-corrected chi connectivity index (χ0v) is 14.0. The number of hydrogen-bond acceptors (Lipinski definition) is 5. The number of likely N-dealkylation sites (tertiary alicyclic amines) is 1. The monoisotopic (exact) mass is 336 g/mol. The fraction of sp³-hybridized carbons (Fsp3) is 0.688. The van der Waals surface area contributed by atoms with Gasteiger partial charge in [-0.2, -0.15) is 5.10 Å². The van der Waals surface area contributed by atoms with Crippen LogP contribution in [-0.4, -0.2) is 65.4 Å². The van der Waals surface area contributed by atoms with Crippen molar-refractivity contribution in [3.63, 3.8) is 0 Å². The molecule has 3 heterocycles.